The molecule has 2 heterocycles. The minimum atomic E-state index is -0.960. The third-order valence-electron chi connectivity index (χ3n) is 4.97. The summed E-state index contributed by atoms with van der Waals surface area (Å²) in [4.78, 5) is 25.9. The Morgan fingerprint density at radius 1 is 1.33 bits per heavy atom. The van der Waals surface area contributed by atoms with Crippen molar-refractivity contribution in [2.24, 2.45) is 5.92 Å². The molecule has 2 bridgehead atoms. The summed E-state index contributed by atoms with van der Waals surface area (Å²) in [7, 11) is 0. The maximum atomic E-state index is 12.1. The van der Waals surface area contributed by atoms with E-state index in [1.54, 1.807) is 0 Å². The summed E-state index contributed by atoms with van der Waals surface area (Å²) >= 11 is 0. The number of ketones is 1. The van der Waals surface area contributed by atoms with Crippen LogP contribution in [0, 0.1) is 5.92 Å². The van der Waals surface area contributed by atoms with E-state index in [-0.39, 0.29) is 23.9 Å². The van der Waals surface area contributed by atoms with Gasteiger partial charge in [-0.2, -0.15) is 0 Å². The maximum absolute atomic E-state index is 12.1. The SMILES string of the molecule is CCC(c1ccccc1)N1[C@H]2CC[C@@H]1C(C(=O)O)C(=O)C2. The van der Waals surface area contributed by atoms with Crippen LogP contribution in [0.5, 0.6) is 0 Å². The molecule has 1 aromatic rings. The van der Waals surface area contributed by atoms with Gasteiger partial charge in [-0.15, -0.1) is 0 Å². The second kappa shape index (κ2) is 5.60. The summed E-state index contributed by atoms with van der Waals surface area (Å²) in [6.07, 6.45) is 3.06. The molecule has 0 spiro atoms. The lowest BCUT2D eigenvalue weighted by Crippen LogP contribution is -2.53. The van der Waals surface area contributed by atoms with Gasteiger partial charge in [-0.1, -0.05) is 37.3 Å². The number of carbonyl (C=O) groups excluding carboxylic acids is 1. The van der Waals surface area contributed by atoms with E-state index in [0.29, 0.717) is 6.42 Å². The monoisotopic (exact) mass is 287 g/mol. The van der Waals surface area contributed by atoms with Crippen molar-refractivity contribution < 1.29 is 14.7 Å². The zero-order valence-corrected chi connectivity index (χ0v) is 12.2. The zero-order chi connectivity index (χ0) is 15.0. The molecule has 21 heavy (non-hydrogen) atoms. The minimum absolute atomic E-state index is 0.0887. The van der Waals surface area contributed by atoms with Crippen molar-refractivity contribution >= 4 is 11.8 Å². The molecule has 3 rings (SSSR count). The van der Waals surface area contributed by atoms with Crippen molar-refractivity contribution in [3.8, 4) is 0 Å². The van der Waals surface area contributed by atoms with Crippen LogP contribution in [-0.4, -0.2) is 33.8 Å². The highest BCUT2D eigenvalue weighted by Crippen LogP contribution is 2.43. The molecule has 1 aromatic carbocycles. The van der Waals surface area contributed by atoms with Crippen LogP contribution in [0.4, 0.5) is 0 Å². The number of hydrogen-bond donors (Lipinski definition) is 1. The smallest absolute Gasteiger partial charge is 0.315 e. The van der Waals surface area contributed by atoms with E-state index in [4.69, 9.17) is 0 Å². The minimum Gasteiger partial charge on any atom is -0.481 e. The molecule has 0 radical (unpaired) electrons. The molecule has 2 saturated heterocycles. The molecule has 0 amide bonds. The van der Waals surface area contributed by atoms with Gasteiger partial charge in [-0.25, -0.2) is 0 Å². The Hall–Kier alpha value is -1.68. The fourth-order valence-corrected chi connectivity index (χ4v) is 4.13. The van der Waals surface area contributed by atoms with E-state index in [0.717, 1.165) is 19.3 Å². The molecular formula is C17H21NO3. The second-order valence-corrected chi connectivity index (χ2v) is 6.07. The first-order valence-corrected chi connectivity index (χ1v) is 7.71. The number of rotatable bonds is 4. The van der Waals surface area contributed by atoms with Crippen molar-refractivity contribution in [3.63, 3.8) is 0 Å². The van der Waals surface area contributed by atoms with Crippen molar-refractivity contribution in [2.45, 2.75) is 50.7 Å². The predicted molar refractivity (Wildman–Crippen MR) is 78.9 cm³/mol. The lowest BCUT2D eigenvalue weighted by molar-refractivity contribution is -0.152. The molecule has 2 unspecified atom stereocenters. The van der Waals surface area contributed by atoms with E-state index in [1.807, 2.05) is 18.2 Å². The highest BCUT2D eigenvalue weighted by Gasteiger charge is 2.51. The van der Waals surface area contributed by atoms with Gasteiger partial charge < -0.3 is 5.11 Å². The first-order valence-electron chi connectivity index (χ1n) is 7.71. The van der Waals surface area contributed by atoms with Crippen LogP contribution in [0.2, 0.25) is 0 Å². The lowest BCUT2D eigenvalue weighted by Gasteiger charge is -2.42. The second-order valence-electron chi connectivity index (χ2n) is 6.07. The Morgan fingerprint density at radius 2 is 2.05 bits per heavy atom. The molecular weight excluding hydrogens is 266 g/mol. The Bertz CT molecular complexity index is 542. The Kier molecular flexibility index (Phi) is 3.81. The summed E-state index contributed by atoms with van der Waals surface area (Å²) < 4.78 is 0. The molecule has 4 heteroatoms. The molecule has 0 aliphatic carbocycles. The lowest BCUT2D eigenvalue weighted by atomic mass is 9.86. The van der Waals surface area contributed by atoms with Crippen molar-refractivity contribution in [3.05, 3.63) is 35.9 Å². The van der Waals surface area contributed by atoms with Gasteiger partial charge in [0.25, 0.3) is 0 Å². The Morgan fingerprint density at radius 3 is 2.67 bits per heavy atom. The van der Waals surface area contributed by atoms with E-state index >= 15 is 0 Å². The van der Waals surface area contributed by atoms with Crippen LogP contribution in [-0.2, 0) is 9.59 Å². The van der Waals surface area contributed by atoms with Gasteiger partial charge in [0.1, 0.15) is 11.7 Å². The van der Waals surface area contributed by atoms with Crippen LogP contribution in [0.3, 0.4) is 0 Å². The van der Waals surface area contributed by atoms with E-state index in [2.05, 4.69) is 24.0 Å². The van der Waals surface area contributed by atoms with Crippen molar-refractivity contribution in [1.82, 2.24) is 4.90 Å². The molecule has 4 nitrogen and oxygen atoms in total. The summed E-state index contributed by atoms with van der Waals surface area (Å²) in [6.45, 7) is 2.13. The van der Waals surface area contributed by atoms with Gasteiger partial charge in [0, 0.05) is 24.5 Å². The average molecular weight is 287 g/mol. The standard InChI is InChI=1S/C17H21NO3/c1-2-13(11-6-4-3-5-7-11)18-12-8-9-14(18)16(17(20)21)15(19)10-12/h3-7,12-14,16H,2,8-10H2,1H3,(H,20,21)/t12-,13?,14+,16?/m0/s1. The molecule has 112 valence electrons. The first kappa shape index (κ1) is 14.3. The molecule has 2 aliphatic heterocycles. The van der Waals surface area contributed by atoms with Gasteiger partial charge in [0.15, 0.2) is 0 Å². The Balaban J connectivity index is 1.94. The number of carbonyl (C=O) groups is 2. The highest BCUT2D eigenvalue weighted by atomic mass is 16.4. The van der Waals surface area contributed by atoms with Gasteiger partial charge in [0.05, 0.1) is 0 Å². The average Bonchev–Trinajstić information content (AvgIpc) is 2.76. The fourth-order valence-electron chi connectivity index (χ4n) is 4.13. The van der Waals surface area contributed by atoms with Gasteiger partial charge >= 0.3 is 5.97 Å². The molecule has 4 atom stereocenters. The fraction of sp³-hybridized carbons (Fsp3) is 0.529. The van der Waals surface area contributed by atoms with Crippen molar-refractivity contribution in [1.29, 1.82) is 0 Å². The Labute approximate surface area is 124 Å². The number of hydrogen-bond acceptors (Lipinski definition) is 3. The predicted octanol–water partition coefficient (Wildman–Crippen LogP) is 2.64. The third-order valence-corrected chi connectivity index (χ3v) is 4.97. The largest absolute Gasteiger partial charge is 0.481 e. The summed E-state index contributed by atoms with van der Waals surface area (Å²) in [5, 5.41) is 9.42. The summed E-state index contributed by atoms with van der Waals surface area (Å²) in [6, 6.07) is 10.5. The first-order chi connectivity index (χ1) is 10.1. The number of benzene rings is 1. The normalized spacial score (nSPS) is 30.3. The number of carboxylic acid groups (broad SMARTS) is 1. The summed E-state index contributed by atoms with van der Waals surface area (Å²) in [5.41, 5.74) is 1.22. The van der Waals surface area contributed by atoms with E-state index in [1.165, 1.54) is 5.56 Å². The topological polar surface area (TPSA) is 57.6 Å². The molecule has 0 aromatic heterocycles. The number of nitrogens with zero attached hydrogens (tertiary/aromatic N) is 1. The summed E-state index contributed by atoms with van der Waals surface area (Å²) in [5.74, 6) is -1.89. The number of carboxylic acids is 1. The number of aliphatic carboxylic acids is 1. The van der Waals surface area contributed by atoms with Crippen molar-refractivity contribution in [2.75, 3.05) is 0 Å². The van der Waals surface area contributed by atoms with Crippen LogP contribution in [0.25, 0.3) is 0 Å². The van der Waals surface area contributed by atoms with Crippen LogP contribution in [0.1, 0.15) is 44.2 Å². The number of piperidine rings is 1. The van der Waals surface area contributed by atoms with Crippen LogP contribution in [0.15, 0.2) is 30.3 Å². The zero-order valence-electron chi connectivity index (χ0n) is 12.2. The molecule has 0 saturated carbocycles. The van der Waals surface area contributed by atoms with Crippen LogP contribution >= 0.6 is 0 Å². The number of Topliss-reactive ketones (excluding diaryl/α,β-unsaturated/α-hetero) is 1. The molecule has 2 aliphatic rings. The van der Waals surface area contributed by atoms with Gasteiger partial charge in [-0.3, -0.25) is 14.5 Å². The van der Waals surface area contributed by atoms with Crippen LogP contribution < -0.4 is 0 Å². The maximum Gasteiger partial charge on any atom is 0.315 e. The van der Waals surface area contributed by atoms with E-state index < -0.39 is 11.9 Å². The number of fused-ring (bicyclic) bond motifs is 2. The van der Waals surface area contributed by atoms with Gasteiger partial charge in [0.2, 0.25) is 0 Å². The highest BCUT2D eigenvalue weighted by molar-refractivity contribution is 6.00. The molecule has 1 N–H and O–H groups in total. The third kappa shape index (κ3) is 2.38. The molecule has 2 fully saturated rings. The van der Waals surface area contributed by atoms with Gasteiger partial charge in [-0.05, 0) is 24.8 Å². The van der Waals surface area contributed by atoms with E-state index in [9.17, 15) is 14.7 Å². The quantitative estimate of drug-likeness (QED) is 0.865.